The van der Waals surface area contributed by atoms with Gasteiger partial charge in [-0.2, -0.15) is 0 Å². The summed E-state index contributed by atoms with van der Waals surface area (Å²) in [7, 11) is 0. The van der Waals surface area contributed by atoms with Gasteiger partial charge in [0, 0.05) is 12.6 Å². The third-order valence-corrected chi connectivity index (χ3v) is 3.53. The van der Waals surface area contributed by atoms with Crippen molar-refractivity contribution in [2.24, 2.45) is 5.92 Å². The molecule has 1 saturated carbocycles. The lowest BCUT2D eigenvalue weighted by atomic mass is 9.90. The van der Waals surface area contributed by atoms with Crippen molar-refractivity contribution in [2.45, 2.75) is 64.8 Å². The van der Waals surface area contributed by atoms with Crippen molar-refractivity contribution in [1.82, 2.24) is 5.32 Å². The molecule has 0 aromatic rings. The third kappa shape index (κ3) is 5.86. The van der Waals surface area contributed by atoms with Crippen LogP contribution < -0.4 is 5.32 Å². The van der Waals surface area contributed by atoms with Crippen LogP contribution in [0.15, 0.2) is 0 Å². The van der Waals surface area contributed by atoms with Gasteiger partial charge in [-0.25, -0.2) is 0 Å². The van der Waals surface area contributed by atoms with Gasteiger partial charge in [-0.3, -0.25) is 0 Å². The smallest absolute Gasteiger partial charge is 0.0619 e. The maximum Gasteiger partial charge on any atom is 0.0619 e. The lowest BCUT2D eigenvalue weighted by molar-refractivity contribution is 0.0680. The van der Waals surface area contributed by atoms with E-state index in [0.29, 0.717) is 6.04 Å². The molecule has 0 heterocycles. The van der Waals surface area contributed by atoms with E-state index in [1.165, 1.54) is 44.9 Å². The van der Waals surface area contributed by atoms with Gasteiger partial charge in [-0.05, 0) is 31.7 Å². The van der Waals surface area contributed by atoms with E-state index in [1.807, 2.05) is 0 Å². The monoisotopic (exact) mass is 227 g/mol. The molecular formula is C14H29NO. The Hall–Kier alpha value is -0.0800. The van der Waals surface area contributed by atoms with E-state index in [4.69, 9.17) is 4.74 Å². The summed E-state index contributed by atoms with van der Waals surface area (Å²) in [6.07, 6.45) is 9.52. The molecule has 2 heteroatoms. The minimum atomic E-state index is 0.568. The van der Waals surface area contributed by atoms with Crippen molar-refractivity contribution in [3.63, 3.8) is 0 Å². The summed E-state index contributed by atoms with van der Waals surface area (Å²) in [5, 5.41) is 3.50. The first kappa shape index (κ1) is 14.0. The van der Waals surface area contributed by atoms with E-state index < -0.39 is 0 Å². The quantitative estimate of drug-likeness (QED) is 0.686. The zero-order valence-electron chi connectivity index (χ0n) is 11.1. The number of hydrogen-bond acceptors (Lipinski definition) is 2. The molecule has 2 nitrogen and oxygen atoms in total. The molecule has 1 fully saturated rings. The molecule has 0 aromatic heterocycles. The lowest BCUT2D eigenvalue weighted by Gasteiger charge is -2.23. The Morgan fingerprint density at radius 2 is 1.94 bits per heavy atom. The standard InChI is InChI=1S/C14H29NO/c1-3-8-14(15-4-2)12-16-11-13-9-6-5-7-10-13/h13-15H,3-12H2,1-2H3. The second kappa shape index (κ2) is 9.00. The number of likely N-dealkylation sites (N-methyl/N-ethyl adjacent to an activating group) is 1. The summed E-state index contributed by atoms with van der Waals surface area (Å²) < 4.78 is 5.88. The maximum atomic E-state index is 5.88. The van der Waals surface area contributed by atoms with Crippen molar-refractivity contribution < 1.29 is 4.74 Å². The van der Waals surface area contributed by atoms with Gasteiger partial charge in [-0.1, -0.05) is 39.5 Å². The topological polar surface area (TPSA) is 21.3 Å². The van der Waals surface area contributed by atoms with Gasteiger partial charge >= 0.3 is 0 Å². The number of rotatable bonds is 8. The third-order valence-electron chi connectivity index (χ3n) is 3.53. The van der Waals surface area contributed by atoms with E-state index in [1.54, 1.807) is 0 Å². The van der Waals surface area contributed by atoms with Gasteiger partial charge in [-0.15, -0.1) is 0 Å². The number of hydrogen-bond donors (Lipinski definition) is 1. The van der Waals surface area contributed by atoms with Crippen LogP contribution in [0.1, 0.15) is 58.8 Å². The lowest BCUT2D eigenvalue weighted by Crippen LogP contribution is -2.34. The summed E-state index contributed by atoms with van der Waals surface area (Å²) >= 11 is 0. The molecule has 0 radical (unpaired) electrons. The van der Waals surface area contributed by atoms with Crippen molar-refractivity contribution in [2.75, 3.05) is 19.8 Å². The summed E-state index contributed by atoms with van der Waals surface area (Å²) in [4.78, 5) is 0. The Morgan fingerprint density at radius 1 is 1.19 bits per heavy atom. The van der Waals surface area contributed by atoms with Gasteiger partial charge in [0.1, 0.15) is 0 Å². The Morgan fingerprint density at radius 3 is 2.56 bits per heavy atom. The molecule has 1 atom stereocenters. The van der Waals surface area contributed by atoms with Crippen LogP contribution in [0.5, 0.6) is 0 Å². The highest BCUT2D eigenvalue weighted by Gasteiger charge is 2.14. The molecule has 0 amide bonds. The molecule has 96 valence electrons. The Bertz CT molecular complexity index is 149. The van der Waals surface area contributed by atoms with E-state index in [-0.39, 0.29) is 0 Å². The van der Waals surface area contributed by atoms with Crippen molar-refractivity contribution >= 4 is 0 Å². The van der Waals surface area contributed by atoms with Crippen molar-refractivity contribution in [3.05, 3.63) is 0 Å². The summed E-state index contributed by atoms with van der Waals surface area (Å²) in [5.74, 6) is 0.845. The predicted octanol–water partition coefficient (Wildman–Crippen LogP) is 3.36. The van der Waals surface area contributed by atoms with Crippen LogP contribution in [-0.4, -0.2) is 25.8 Å². The first-order valence-electron chi connectivity index (χ1n) is 7.18. The maximum absolute atomic E-state index is 5.88. The SMILES string of the molecule is CCCC(COCC1CCCCC1)NCC. The van der Waals surface area contributed by atoms with Crippen molar-refractivity contribution in [1.29, 1.82) is 0 Å². The minimum absolute atomic E-state index is 0.568. The molecule has 0 spiro atoms. The predicted molar refractivity (Wildman–Crippen MR) is 69.8 cm³/mol. The molecular weight excluding hydrogens is 198 g/mol. The van der Waals surface area contributed by atoms with Crippen LogP contribution >= 0.6 is 0 Å². The van der Waals surface area contributed by atoms with E-state index >= 15 is 0 Å². The van der Waals surface area contributed by atoms with Crippen molar-refractivity contribution in [3.8, 4) is 0 Å². The van der Waals surface area contributed by atoms with Crippen LogP contribution in [0.25, 0.3) is 0 Å². The summed E-state index contributed by atoms with van der Waals surface area (Å²) in [6, 6.07) is 0.568. The first-order chi connectivity index (χ1) is 7.86. The van der Waals surface area contributed by atoms with Gasteiger partial charge in [0.25, 0.3) is 0 Å². The molecule has 1 rings (SSSR count). The highest BCUT2D eigenvalue weighted by atomic mass is 16.5. The second-order valence-corrected chi connectivity index (χ2v) is 5.08. The summed E-state index contributed by atoms with van der Waals surface area (Å²) in [6.45, 7) is 7.36. The fourth-order valence-electron chi connectivity index (χ4n) is 2.61. The molecule has 1 aliphatic rings. The van der Waals surface area contributed by atoms with Crippen LogP contribution in [0, 0.1) is 5.92 Å². The molecule has 1 aliphatic carbocycles. The van der Waals surface area contributed by atoms with Gasteiger partial charge in [0.15, 0.2) is 0 Å². The van der Waals surface area contributed by atoms with Gasteiger partial charge in [0.05, 0.1) is 6.61 Å². The Kier molecular flexibility index (Phi) is 7.87. The van der Waals surface area contributed by atoms with E-state index in [9.17, 15) is 0 Å². The number of ether oxygens (including phenoxy) is 1. The minimum Gasteiger partial charge on any atom is -0.380 e. The molecule has 1 N–H and O–H groups in total. The molecule has 0 bridgehead atoms. The van der Waals surface area contributed by atoms with Crippen LogP contribution in [0.2, 0.25) is 0 Å². The molecule has 1 unspecified atom stereocenters. The average Bonchev–Trinajstić information content (AvgIpc) is 2.31. The number of nitrogens with one attached hydrogen (secondary N) is 1. The molecule has 0 saturated heterocycles. The van der Waals surface area contributed by atoms with E-state index in [0.717, 1.165) is 25.7 Å². The fraction of sp³-hybridized carbons (Fsp3) is 1.00. The van der Waals surface area contributed by atoms with Crippen LogP contribution in [-0.2, 0) is 4.74 Å². The Balaban J connectivity index is 2.06. The summed E-state index contributed by atoms with van der Waals surface area (Å²) in [5.41, 5.74) is 0. The van der Waals surface area contributed by atoms with Gasteiger partial charge < -0.3 is 10.1 Å². The van der Waals surface area contributed by atoms with Crippen LogP contribution in [0.4, 0.5) is 0 Å². The highest BCUT2D eigenvalue weighted by molar-refractivity contribution is 4.67. The largest absolute Gasteiger partial charge is 0.380 e. The van der Waals surface area contributed by atoms with Gasteiger partial charge in [0.2, 0.25) is 0 Å². The molecule has 0 aliphatic heterocycles. The average molecular weight is 227 g/mol. The zero-order valence-corrected chi connectivity index (χ0v) is 11.1. The molecule has 0 aromatic carbocycles. The highest BCUT2D eigenvalue weighted by Crippen LogP contribution is 2.23. The first-order valence-corrected chi connectivity index (χ1v) is 7.18. The fourth-order valence-corrected chi connectivity index (χ4v) is 2.61. The Labute approximate surface area is 101 Å². The normalized spacial score (nSPS) is 19.9. The van der Waals surface area contributed by atoms with E-state index in [2.05, 4.69) is 19.2 Å². The van der Waals surface area contributed by atoms with Crippen LogP contribution in [0.3, 0.4) is 0 Å². The zero-order chi connectivity index (χ0) is 11.6. The molecule has 16 heavy (non-hydrogen) atoms. The second-order valence-electron chi connectivity index (χ2n) is 5.08.